The molecule has 0 bridgehead atoms. The lowest BCUT2D eigenvalue weighted by Gasteiger charge is -2.11. The standard InChI is InChI=1S/C24H19N3O3S/c1-3-30-24(29)22-21(26-19-11-7-8-15(2)18(19)14-25)17-12-13-20(28)27(23(17)31-22)16-9-5-4-6-10-16/h4-13,26H,3H2,1-2H3. The Morgan fingerprint density at radius 1 is 1.13 bits per heavy atom. The number of aromatic nitrogens is 1. The van der Waals surface area contributed by atoms with Gasteiger partial charge < -0.3 is 10.1 Å². The number of benzene rings is 2. The molecule has 0 amide bonds. The molecule has 0 aliphatic carbocycles. The van der Waals surface area contributed by atoms with Gasteiger partial charge in [0.2, 0.25) is 0 Å². The smallest absolute Gasteiger partial charge is 0.350 e. The van der Waals surface area contributed by atoms with Gasteiger partial charge in [-0.25, -0.2) is 4.79 Å². The van der Waals surface area contributed by atoms with Gasteiger partial charge >= 0.3 is 5.97 Å². The second-order valence-corrected chi connectivity index (χ2v) is 7.82. The van der Waals surface area contributed by atoms with E-state index >= 15 is 0 Å². The first kappa shape index (κ1) is 20.4. The van der Waals surface area contributed by atoms with Gasteiger partial charge in [0.25, 0.3) is 5.56 Å². The number of carbonyl (C=O) groups excluding carboxylic acids is 1. The monoisotopic (exact) mass is 429 g/mol. The molecule has 6 nitrogen and oxygen atoms in total. The number of hydrogen-bond acceptors (Lipinski definition) is 6. The van der Waals surface area contributed by atoms with E-state index in [1.54, 1.807) is 23.6 Å². The first-order valence-corrected chi connectivity index (χ1v) is 10.5. The highest BCUT2D eigenvalue weighted by atomic mass is 32.1. The first-order chi connectivity index (χ1) is 15.0. The summed E-state index contributed by atoms with van der Waals surface area (Å²) in [6.45, 7) is 3.83. The Morgan fingerprint density at radius 2 is 1.90 bits per heavy atom. The Hall–Kier alpha value is -3.89. The fourth-order valence-corrected chi connectivity index (χ4v) is 4.59. The Labute approximate surface area is 183 Å². The highest BCUT2D eigenvalue weighted by Gasteiger charge is 2.23. The summed E-state index contributed by atoms with van der Waals surface area (Å²) in [6.07, 6.45) is 0. The maximum absolute atomic E-state index is 12.8. The molecule has 2 heterocycles. The number of para-hydroxylation sites is 1. The van der Waals surface area contributed by atoms with Crippen molar-refractivity contribution in [3.63, 3.8) is 0 Å². The van der Waals surface area contributed by atoms with Crippen LogP contribution in [0.15, 0.2) is 65.5 Å². The van der Waals surface area contributed by atoms with Crippen molar-refractivity contribution in [3.05, 3.63) is 87.0 Å². The summed E-state index contributed by atoms with van der Waals surface area (Å²) in [7, 11) is 0. The molecule has 0 atom stereocenters. The number of hydrogen-bond donors (Lipinski definition) is 1. The summed E-state index contributed by atoms with van der Waals surface area (Å²) in [6, 6.07) is 20.1. The number of rotatable bonds is 5. The summed E-state index contributed by atoms with van der Waals surface area (Å²) in [5, 5.41) is 13.6. The lowest BCUT2D eigenvalue weighted by atomic mass is 10.1. The van der Waals surface area contributed by atoms with Crippen LogP contribution in [0.5, 0.6) is 0 Å². The number of esters is 1. The number of ether oxygens (including phenoxy) is 1. The van der Waals surface area contributed by atoms with Crippen molar-refractivity contribution in [1.82, 2.24) is 4.57 Å². The maximum atomic E-state index is 12.8. The van der Waals surface area contributed by atoms with Gasteiger partial charge in [-0.2, -0.15) is 5.26 Å². The Bertz CT molecular complexity index is 1380. The van der Waals surface area contributed by atoms with Crippen LogP contribution in [0.2, 0.25) is 0 Å². The van der Waals surface area contributed by atoms with Crippen molar-refractivity contribution >= 4 is 38.9 Å². The van der Waals surface area contributed by atoms with E-state index in [-0.39, 0.29) is 12.2 Å². The molecular formula is C24H19N3O3S. The lowest BCUT2D eigenvalue weighted by Crippen LogP contribution is -2.16. The topological polar surface area (TPSA) is 84.1 Å². The summed E-state index contributed by atoms with van der Waals surface area (Å²) < 4.78 is 6.85. The molecule has 2 aromatic heterocycles. The number of aryl methyl sites for hydroxylation is 1. The predicted molar refractivity (Wildman–Crippen MR) is 123 cm³/mol. The van der Waals surface area contributed by atoms with Crippen molar-refractivity contribution < 1.29 is 9.53 Å². The molecule has 0 saturated heterocycles. The summed E-state index contributed by atoms with van der Waals surface area (Å²) >= 11 is 1.19. The fraction of sp³-hybridized carbons (Fsp3) is 0.125. The third kappa shape index (κ3) is 3.69. The minimum atomic E-state index is -0.482. The Balaban J connectivity index is 1.99. The molecule has 0 radical (unpaired) electrons. The van der Waals surface area contributed by atoms with Crippen LogP contribution in [0.25, 0.3) is 15.9 Å². The quantitative estimate of drug-likeness (QED) is 0.444. The molecule has 0 saturated carbocycles. The van der Waals surface area contributed by atoms with E-state index in [2.05, 4.69) is 11.4 Å². The van der Waals surface area contributed by atoms with Gasteiger partial charge in [0, 0.05) is 11.5 Å². The predicted octanol–water partition coefficient (Wildman–Crippen LogP) is 5.15. The lowest BCUT2D eigenvalue weighted by molar-refractivity contribution is 0.0533. The van der Waals surface area contributed by atoms with Crippen molar-refractivity contribution in [1.29, 1.82) is 5.26 Å². The largest absolute Gasteiger partial charge is 0.462 e. The number of pyridine rings is 1. The Kier molecular flexibility index (Phi) is 5.56. The minimum absolute atomic E-state index is 0.199. The molecule has 4 rings (SSSR count). The van der Waals surface area contributed by atoms with E-state index in [1.165, 1.54) is 17.4 Å². The molecule has 0 unspecified atom stereocenters. The van der Waals surface area contributed by atoms with Crippen molar-refractivity contribution in [2.45, 2.75) is 13.8 Å². The molecule has 0 fully saturated rings. The highest BCUT2D eigenvalue weighted by Crippen LogP contribution is 2.39. The molecule has 1 N–H and O–H groups in total. The Morgan fingerprint density at radius 3 is 2.61 bits per heavy atom. The second-order valence-electron chi connectivity index (χ2n) is 6.82. The molecule has 2 aromatic carbocycles. The molecule has 31 heavy (non-hydrogen) atoms. The third-order valence-electron chi connectivity index (χ3n) is 4.86. The number of nitrogens with one attached hydrogen (secondary N) is 1. The highest BCUT2D eigenvalue weighted by molar-refractivity contribution is 7.21. The molecule has 0 aliphatic heterocycles. The molecule has 0 aliphatic rings. The van der Waals surface area contributed by atoms with Crippen molar-refractivity contribution in [3.8, 4) is 11.8 Å². The van der Waals surface area contributed by atoms with Gasteiger partial charge in [-0.05, 0) is 43.7 Å². The zero-order valence-electron chi connectivity index (χ0n) is 17.0. The van der Waals surface area contributed by atoms with Crippen LogP contribution in [0, 0.1) is 18.3 Å². The van der Waals surface area contributed by atoms with Crippen LogP contribution in [-0.4, -0.2) is 17.1 Å². The third-order valence-corrected chi connectivity index (χ3v) is 6.03. The van der Waals surface area contributed by atoms with E-state index in [0.717, 1.165) is 5.56 Å². The first-order valence-electron chi connectivity index (χ1n) is 9.73. The average molecular weight is 430 g/mol. The number of carbonyl (C=O) groups is 1. The van der Waals surface area contributed by atoms with Gasteiger partial charge in [0.05, 0.1) is 29.2 Å². The van der Waals surface area contributed by atoms with E-state index in [9.17, 15) is 14.9 Å². The van der Waals surface area contributed by atoms with E-state index in [4.69, 9.17) is 4.74 Å². The maximum Gasteiger partial charge on any atom is 0.350 e. The van der Waals surface area contributed by atoms with Gasteiger partial charge in [0.15, 0.2) is 0 Å². The number of fused-ring (bicyclic) bond motifs is 1. The number of anilines is 2. The van der Waals surface area contributed by atoms with Gasteiger partial charge in [-0.3, -0.25) is 9.36 Å². The minimum Gasteiger partial charge on any atom is -0.462 e. The summed E-state index contributed by atoms with van der Waals surface area (Å²) in [5.74, 6) is -0.482. The van der Waals surface area contributed by atoms with Crippen LogP contribution in [-0.2, 0) is 4.74 Å². The SMILES string of the molecule is CCOC(=O)c1sc2c(ccc(=O)n2-c2ccccc2)c1Nc1cccc(C)c1C#N. The number of nitriles is 1. The zero-order chi connectivity index (χ0) is 22.0. The van der Waals surface area contributed by atoms with Crippen LogP contribution in [0.1, 0.15) is 27.7 Å². The normalized spacial score (nSPS) is 10.6. The number of nitrogens with zero attached hydrogens (tertiary/aromatic N) is 2. The van der Waals surface area contributed by atoms with E-state index < -0.39 is 5.97 Å². The van der Waals surface area contributed by atoms with E-state index in [1.807, 2.05) is 49.4 Å². The molecule has 4 aromatic rings. The number of thiophene rings is 1. The van der Waals surface area contributed by atoms with Crippen LogP contribution in [0.3, 0.4) is 0 Å². The average Bonchev–Trinajstić information content (AvgIpc) is 3.13. The van der Waals surface area contributed by atoms with Gasteiger partial charge in [0.1, 0.15) is 15.8 Å². The summed E-state index contributed by atoms with van der Waals surface area (Å²) in [4.78, 5) is 26.5. The van der Waals surface area contributed by atoms with Crippen LogP contribution >= 0.6 is 11.3 Å². The fourth-order valence-electron chi connectivity index (χ4n) is 3.42. The van der Waals surface area contributed by atoms with Crippen LogP contribution in [0.4, 0.5) is 11.4 Å². The van der Waals surface area contributed by atoms with Crippen molar-refractivity contribution in [2.24, 2.45) is 0 Å². The van der Waals surface area contributed by atoms with Crippen LogP contribution < -0.4 is 10.9 Å². The van der Waals surface area contributed by atoms with Crippen molar-refractivity contribution in [2.75, 3.05) is 11.9 Å². The summed E-state index contributed by atoms with van der Waals surface area (Å²) in [5.41, 5.74) is 2.93. The van der Waals surface area contributed by atoms with E-state index in [0.29, 0.717) is 37.7 Å². The zero-order valence-corrected chi connectivity index (χ0v) is 17.8. The molecule has 154 valence electrons. The second kappa shape index (κ2) is 8.46. The molecular weight excluding hydrogens is 410 g/mol. The van der Waals surface area contributed by atoms with Gasteiger partial charge in [-0.15, -0.1) is 11.3 Å². The molecule has 0 spiro atoms. The molecule has 7 heteroatoms. The van der Waals surface area contributed by atoms with Gasteiger partial charge in [-0.1, -0.05) is 30.3 Å².